The molecule has 1 saturated heterocycles. The number of aryl methyl sites for hydroxylation is 1. The second-order valence-electron chi connectivity index (χ2n) is 8.47. The Hall–Kier alpha value is -2.11. The summed E-state index contributed by atoms with van der Waals surface area (Å²) >= 11 is 0. The average molecular weight is 368 g/mol. The first kappa shape index (κ1) is 17.0. The van der Waals surface area contributed by atoms with Crippen molar-refractivity contribution in [1.82, 2.24) is 19.6 Å². The topological polar surface area (TPSA) is 64.2 Å². The number of imidazole rings is 1. The summed E-state index contributed by atoms with van der Waals surface area (Å²) in [5.74, 6) is 3.25. The van der Waals surface area contributed by atoms with Crippen LogP contribution in [-0.4, -0.2) is 38.6 Å². The van der Waals surface area contributed by atoms with Gasteiger partial charge in [-0.3, -0.25) is 4.79 Å². The Balaban J connectivity index is 1.32. The van der Waals surface area contributed by atoms with E-state index in [2.05, 4.69) is 20.9 Å². The molecule has 144 valence electrons. The number of hydrogen-bond acceptors (Lipinski definition) is 4. The maximum atomic E-state index is 13.1. The molecule has 0 aromatic carbocycles. The van der Waals surface area contributed by atoms with Gasteiger partial charge in [-0.1, -0.05) is 11.6 Å². The van der Waals surface area contributed by atoms with Gasteiger partial charge in [-0.05, 0) is 50.9 Å². The zero-order valence-electron chi connectivity index (χ0n) is 15.9. The molecule has 2 aromatic rings. The zero-order chi connectivity index (χ0) is 18.2. The van der Waals surface area contributed by atoms with E-state index in [-0.39, 0.29) is 5.91 Å². The fourth-order valence-corrected chi connectivity index (χ4v) is 4.86. The Morgan fingerprint density at radius 2 is 2.04 bits per heavy atom. The third kappa shape index (κ3) is 3.19. The molecule has 6 nitrogen and oxygen atoms in total. The van der Waals surface area contributed by atoms with Crippen LogP contribution in [0.25, 0.3) is 0 Å². The van der Waals surface area contributed by atoms with Gasteiger partial charge in [0.15, 0.2) is 5.69 Å². The fourth-order valence-electron chi connectivity index (χ4n) is 4.86. The molecule has 3 aliphatic rings. The molecule has 3 heterocycles. The Labute approximate surface area is 159 Å². The minimum atomic E-state index is 0.0451. The van der Waals surface area contributed by atoms with Crippen LogP contribution in [0.4, 0.5) is 0 Å². The van der Waals surface area contributed by atoms with Crippen molar-refractivity contribution in [3.05, 3.63) is 35.2 Å². The van der Waals surface area contributed by atoms with Crippen molar-refractivity contribution in [2.24, 2.45) is 5.92 Å². The summed E-state index contributed by atoms with van der Waals surface area (Å²) < 4.78 is 7.80. The first-order valence-electron chi connectivity index (χ1n) is 10.6. The Morgan fingerprint density at radius 1 is 1.15 bits per heavy atom. The lowest BCUT2D eigenvalue weighted by Gasteiger charge is -2.33. The smallest absolute Gasteiger partial charge is 0.276 e. The molecule has 27 heavy (non-hydrogen) atoms. The SMILES string of the molecule is O=C(c1noc2c1CCCC2)N1CCC[C@H](c2nccn2CC2CCC2)C1. The van der Waals surface area contributed by atoms with Crippen LogP contribution in [0.5, 0.6) is 0 Å². The van der Waals surface area contributed by atoms with Crippen LogP contribution in [0, 0.1) is 5.92 Å². The molecule has 1 atom stereocenters. The van der Waals surface area contributed by atoms with Gasteiger partial charge in [0.1, 0.15) is 11.6 Å². The van der Waals surface area contributed by atoms with Crippen LogP contribution in [0.3, 0.4) is 0 Å². The number of aromatic nitrogens is 3. The van der Waals surface area contributed by atoms with Gasteiger partial charge in [0, 0.05) is 49.9 Å². The number of amides is 1. The molecule has 0 N–H and O–H groups in total. The first-order valence-corrected chi connectivity index (χ1v) is 10.6. The van der Waals surface area contributed by atoms with E-state index in [1.54, 1.807) is 0 Å². The van der Waals surface area contributed by atoms with Gasteiger partial charge < -0.3 is 14.0 Å². The summed E-state index contributed by atoms with van der Waals surface area (Å²) in [6.07, 6.45) is 14.3. The minimum Gasteiger partial charge on any atom is -0.360 e. The van der Waals surface area contributed by atoms with Crippen LogP contribution < -0.4 is 0 Å². The standard InChI is InChI=1S/C21H28N4O2/c26-21(19-17-8-1-2-9-18(17)27-23-19)25-11-4-7-16(14-25)20-22-10-12-24(20)13-15-5-3-6-15/h10,12,15-16H,1-9,11,13-14H2/t16-/m0/s1. The Kier molecular flexibility index (Phi) is 4.50. The highest BCUT2D eigenvalue weighted by Gasteiger charge is 2.32. The number of piperidine rings is 1. The van der Waals surface area contributed by atoms with Crippen molar-refractivity contribution >= 4 is 5.91 Å². The monoisotopic (exact) mass is 368 g/mol. The van der Waals surface area contributed by atoms with Crippen LogP contribution in [-0.2, 0) is 19.4 Å². The second-order valence-corrected chi connectivity index (χ2v) is 8.47. The third-order valence-electron chi connectivity index (χ3n) is 6.65. The van der Waals surface area contributed by atoms with Gasteiger partial charge in [0.25, 0.3) is 5.91 Å². The first-order chi connectivity index (χ1) is 13.3. The van der Waals surface area contributed by atoms with Gasteiger partial charge in [0.05, 0.1) is 0 Å². The largest absolute Gasteiger partial charge is 0.360 e. The lowest BCUT2D eigenvalue weighted by atomic mass is 9.85. The molecule has 1 aliphatic heterocycles. The van der Waals surface area contributed by atoms with Crippen molar-refractivity contribution in [2.75, 3.05) is 13.1 Å². The molecule has 1 saturated carbocycles. The second kappa shape index (κ2) is 7.13. The maximum absolute atomic E-state index is 13.1. The average Bonchev–Trinajstić information content (AvgIpc) is 3.31. The number of carbonyl (C=O) groups excluding carboxylic acids is 1. The molecule has 2 aromatic heterocycles. The van der Waals surface area contributed by atoms with Crippen LogP contribution in [0.1, 0.15) is 78.5 Å². The van der Waals surface area contributed by atoms with E-state index >= 15 is 0 Å². The van der Waals surface area contributed by atoms with Crippen LogP contribution in [0.2, 0.25) is 0 Å². The van der Waals surface area contributed by atoms with E-state index in [9.17, 15) is 4.79 Å². The molecule has 6 heteroatoms. The van der Waals surface area contributed by atoms with Crippen molar-refractivity contribution in [1.29, 1.82) is 0 Å². The predicted molar refractivity (Wildman–Crippen MR) is 101 cm³/mol. The van der Waals surface area contributed by atoms with E-state index in [0.29, 0.717) is 11.6 Å². The molecular formula is C21H28N4O2. The van der Waals surface area contributed by atoms with Gasteiger partial charge in [-0.2, -0.15) is 0 Å². The number of rotatable bonds is 4. The van der Waals surface area contributed by atoms with E-state index in [1.165, 1.54) is 19.3 Å². The quantitative estimate of drug-likeness (QED) is 0.828. The summed E-state index contributed by atoms with van der Waals surface area (Å²) in [6, 6.07) is 0. The van der Waals surface area contributed by atoms with E-state index < -0.39 is 0 Å². The summed E-state index contributed by atoms with van der Waals surface area (Å²) in [7, 11) is 0. The van der Waals surface area contributed by atoms with Crippen molar-refractivity contribution in [3.63, 3.8) is 0 Å². The zero-order valence-corrected chi connectivity index (χ0v) is 15.9. The Bertz CT molecular complexity index is 820. The highest BCUT2D eigenvalue weighted by Crippen LogP contribution is 2.32. The molecule has 0 spiro atoms. The van der Waals surface area contributed by atoms with Crippen molar-refractivity contribution < 1.29 is 9.32 Å². The summed E-state index contributed by atoms with van der Waals surface area (Å²) in [6.45, 7) is 2.62. The molecule has 0 bridgehead atoms. The number of fused-ring (bicyclic) bond motifs is 1. The lowest BCUT2D eigenvalue weighted by Crippen LogP contribution is -2.40. The highest BCUT2D eigenvalue weighted by atomic mass is 16.5. The Morgan fingerprint density at radius 3 is 2.89 bits per heavy atom. The van der Waals surface area contributed by atoms with Gasteiger partial charge >= 0.3 is 0 Å². The number of carbonyl (C=O) groups is 1. The molecule has 1 amide bonds. The van der Waals surface area contributed by atoms with E-state index in [4.69, 9.17) is 4.52 Å². The number of nitrogens with zero attached hydrogens (tertiary/aromatic N) is 4. The maximum Gasteiger partial charge on any atom is 0.276 e. The van der Waals surface area contributed by atoms with Crippen LogP contribution in [0.15, 0.2) is 16.9 Å². The molecule has 0 unspecified atom stereocenters. The minimum absolute atomic E-state index is 0.0451. The van der Waals surface area contributed by atoms with Crippen molar-refractivity contribution in [3.8, 4) is 0 Å². The van der Waals surface area contributed by atoms with Gasteiger partial charge in [-0.15, -0.1) is 0 Å². The fraction of sp³-hybridized carbons (Fsp3) is 0.667. The number of hydrogen-bond donors (Lipinski definition) is 0. The summed E-state index contributed by atoms with van der Waals surface area (Å²) in [5, 5.41) is 4.15. The normalized spacial score (nSPS) is 23.1. The molecule has 2 aliphatic carbocycles. The number of likely N-dealkylation sites (tertiary alicyclic amines) is 1. The lowest BCUT2D eigenvalue weighted by molar-refractivity contribution is 0.0691. The van der Waals surface area contributed by atoms with Gasteiger partial charge in [0.2, 0.25) is 0 Å². The van der Waals surface area contributed by atoms with Crippen molar-refractivity contribution in [2.45, 2.75) is 70.3 Å². The molecule has 5 rings (SSSR count). The molecule has 2 fully saturated rings. The summed E-state index contributed by atoms with van der Waals surface area (Å²) in [4.78, 5) is 19.8. The summed E-state index contributed by atoms with van der Waals surface area (Å²) in [5.41, 5.74) is 1.61. The predicted octanol–water partition coefficient (Wildman–Crippen LogP) is 3.57. The van der Waals surface area contributed by atoms with Crippen LogP contribution >= 0.6 is 0 Å². The highest BCUT2D eigenvalue weighted by molar-refractivity contribution is 5.94. The van der Waals surface area contributed by atoms with E-state index in [0.717, 1.165) is 81.2 Å². The third-order valence-corrected chi connectivity index (χ3v) is 6.65. The molecule has 0 radical (unpaired) electrons. The van der Waals surface area contributed by atoms with Gasteiger partial charge in [-0.25, -0.2) is 4.98 Å². The molecular weight excluding hydrogens is 340 g/mol. The van der Waals surface area contributed by atoms with E-state index in [1.807, 2.05) is 11.1 Å².